The summed E-state index contributed by atoms with van der Waals surface area (Å²) in [5.74, 6) is 0. The van der Waals surface area contributed by atoms with Crippen LogP contribution in [0.3, 0.4) is 0 Å². The van der Waals surface area contributed by atoms with Gasteiger partial charge in [0, 0.05) is 5.57 Å². The molecule has 0 fully saturated rings. The number of nitrogens with zero attached hydrogens (tertiary/aromatic N) is 2. The molecule has 0 bridgehead atoms. The fourth-order valence-electron chi connectivity index (χ4n) is 1.55. The molecule has 1 aromatic heterocycles. The van der Waals surface area contributed by atoms with E-state index in [4.69, 9.17) is 0 Å². The first-order valence-electron chi connectivity index (χ1n) is 5.52. The van der Waals surface area contributed by atoms with Crippen molar-refractivity contribution >= 4 is 16.6 Å². The minimum Gasteiger partial charge on any atom is -0.252 e. The van der Waals surface area contributed by atoms with Crippen LogP contribution in [0.15, 0.2) is 61.3 Å². The number of hydrogen-bond acceptors (Lipinski definition) is 2. The number of benzene rings is 1. The molecule has 0 spiro atoms. The number of para-hydroxylation sites is 2. The number of rotatable bonds is 3. The second-order valence-electron chi connectivity index (χ2n) is 3.60. The fraction of sp³-hybridized carbons (Fsp3) is 0.0667. The van der Waals surface area contributed by atoms with Gasteiger partial charge in [-0.05, 0) is 19.1 Å². The lowest BCUT2D eigenvalue weighted by molar-refractivity contribution is 1.25. The quantitative estimate of drug-likeness (QED) is 0.739. The Kier molecular flexibility index (Phi) is 3.46. The van der Waals surface area contributed by atoms with Gasteiger partial charge < -0.3 is 0 Å². The van der Waals surface area contributed by atoms with E-state index < -0.39 is 0 Å². The van der Waals surface area contributed by atoms with Crippen LogP contribution in [-0.4, -0.2) is 9.97 Å². The van der Waals surface area contributed by atoms with Crippen LogP contribution in [0.25, 0.3) is 16.6 Å². The van der Waals surface area contributed by atoms with Crippen molar-refractivity contribution < 1.29 is 0 Å². The van der Waals surface area contributed by atoms with Crippen LogP contribution in [0.2, 0.25) is 0 Å². The third-order valence-corrected chi connectivity index (χ3v) is 2.43. The lowest BCUT2D eigenvalue weighted by Gasteiger charge is -2.02. The number of hydrogen-bond donors (Lipinski definition) is 0. The van der Waals surface area contributed by atoms with Crippen molar-refractivity contribution in [1.82, 2.24) is 9.97 Å². The fourth-order valence-corrected chi connectivity index (χ4v) is 1.55. The Balaban J connectivity index is 2.51. The van der Waals surface area contributed by atoms with Gasteiger partial charge in [-0.2, -0.15) is 0 Å². The second kappa shape index (κ2) is 5.21. The predicted molar refractivity (Wildman–Crippen MR) is 72.5 cm³/mol. The summed E-state index contributed by atoms with van der Waals surface area (Å²) < 4.78 is 0. The first kappa shape index (κ1) is 11.3. The van der Waals surface area contributed by atoms with Crippen molar-refractivity contribution in [3.8, 4) is 0 Å². The molecule has 0 aliphatic rings. The maximum atomic E-state index is 4.56. The van der Waals surface area contributed by atoms with Gasteiger partial charge in [0.05, 0.1) is 22.9 Å². The highest BCUT2D eigenvalue weighted by Crippen LogP contribution is 2.16. The molecule has 2 rings (SSSR count). The molecule has 2 aromatic rings. The van der Waals surface area contributed by atoms with E-state index in [-0.39, 0.29) is 0 Å². The van der Waals surface area contributed by atoms with Gasteiger partial charge in [0.2, 0.25) is 0 Å². The molecule has 1 heterocycles. The van der Waals surface area contributed by atoms with E-state index in [9.17, 15) is 0 Å². The molecule has 0 aliphatic carbocycles. The zero-order valence-electron chi connectivity index (χ0n) is 9.80. The zero-order valence-corrected chi connectivity index (χ0v) is 9.80. The van der Waals surface area contributed by atoms with Gasteiger partial charge in [-0.25, -0.2) is 4.98 Å². The highest BCUT2D eigenvalue weighted by Gasteiger charge is 2.01. The van der Waals surface area contributed by atoms with Crippen LogP contribution in [0.5, 0.6) is 0 Å². The highest BCUT2D eigenvalue weighted by atomic mass is 14.8. The molecule has 0 N–H and O–H groups in total. The van der Waals surface area contributed by atoms with E-state index in [0.29, 0.717) is 0 Å². The van der Waals surface area contributed by atoms with Crippen LogP contribution in [0.1, 0.15) is 12.6 Å². The average Bonchev–Trinajstić information content (AvgIpc) is 2.39. The smallest absolute Gasteiger partial charge is 0.0894 e. The minimum atomic E-state index is 0.844. The van der Waals surface area contributed by atoms with Crippen molar-refractivity contribution in [2.45, 2.75) is 6.92 Å². The van der Waals surface area contributed by atoms with Crippen LogP contribution in [0, 0.1) is 0 Å². The third kappa shape index (κ3) is 2.48. The molecule has 0 radical (unpaired) electrons. The summed E-state index contributed by atoms with van der Waals surface area (Å²) in [6.07, 6.45) is 9.48. The Morgan fingerprint density at radius 3 is 2.71 bits per heavy atom. The number of allylic oxidation sites excluding steroid dienone is 5. The van der Waals surface area contributed by atoms with Crippen LogP contribution in [-0.2, 0) is 0 Å². The molecular weight excluding hydrogens is 208 g/mol. The first-order chi connectivity index (χ1) is 8.35. The average molecular weight is 222 g/mol. The van der Waals surface area contributed by atoms with Gasteiger partial charge in [-0.1, -0.05) is 43.0 Å². The van der Waals surface area contributed by atoms with Crippen LogP contribution < -0.4 is 0 Å². The Morgan fingerprint density at radius 1 is 1.24 bits per heavy atom. The Hall–Kier alpha value is -2.22. The number of aromatic nitrogens is 2. The van der Waals surface area contributed by atoms with Crippen molar-refractivity contribution in [3.63, 3.8) is 0 Å². The summed E-state index contributed by atoms with van der Waals surface area (Å²) >= 11 is 0. The molecule has 2 nitrogen and oxygen atoms in total. The van der Waals surface area contributed by atoms with E-state index in [0.717, 1.165) is 22.3 Å². The van der Waals surface area contributed by atoms with Gasteiger partial charge in [0.1, 0.15) is 0 Å². The summed E-state index contributed by atoms with van der Waals surface area (Å²) in [5.41, 5.74) is 3.63. The lowest BCUT2D eigenvalue weighted by atomic mass is 10.1. The van der Waals surface area contributed by atoms with E-state index >= 15 is 0 Å². The topological polar surface area (TPSA) is 25.8 Å². The highest BCUT2D eigenvalue weighted by molar-refractivity contribution is 5.79. The molecule has 84 valence electrons. The van der Waals surface area contributed by atoms with Crippen LogP contribution >= 0.6 is 0 Å². The summed E-state index contributed by atoms with van der Waals surface area (Å²) in [5, 5.41) is 0. The SMILES string of the molecule is C=C/C(=C\C=C/C)c1cnc2ccccc2n1. The second-order valence-corrected chi connectivity index (χ2v) is 3.60. The predicted octanol–water partition coefficient (Wildman–Crippen LogP) is 3.78. The van der Waals surface area contributed by atoms with Crippen molar-refractivity contribution in [2.75, 3.05) is 0 Å². The largest absolute Gasteiger partial charge is 0.252 e. The third-order valence-electron chi connectivity index (χ3n) is 2.43. The van der Waals surface area contributed by atoms with Crippen molar-refractivity contribution in [3.05, 3.63) is 67.0 Å². The summed E-state index contributed by atoms with van der Waals surface area (Å²) in [4.78, 5) is 8.95. The molecule has 0 saturated heterocycles. The van der Waals surface area contributed by atoms with Crippen LogP contribution in [0.4, 0.5) is 0 Å². The Labute approximate surface area is 101 Å². The molecule has 0 amide bonds. The Morgan fingerprint density at radius 2 is 2.00 bits per heavy atom. The molecule has 0 atom stereocenters. The number of fused-ring (bicyclic) bond motifs is 1. The van der Waals surface area contributed by atoms with E-state index in [1.54, 1.807) is 12.3 Å². The normalized spacial score (nSPS) is 12.2. The van der Waals surface area contributed by atoms with Gasteiger partial charge in [0.15, 0.2) is 0 Å². The van der Waals surface area contributed by atoms with Crippen molar-refractivity contribution in [1.29, 1.82) is 0 Å². The van der Waals surface area contributed by atoms with E-state index in [1.165, 1.54) is 0 Å². The van der Waals surface area contributed by atoms with E-state index in [2.05, 4.69) is 16.5 Å². The van der Waals surface area contributed by atoms with Gasteiger partial charge in [0.25, 0.3) is 0 Å². The minimum absolute atomic E-state index is 0.844. The van der Waals surface area contributed by atoms with Gasteiger partial charge >= 0.3 is 0 Å². The molecule has 2 heteroatoms. The molecule has 0 unspecified atom stereocenters. The van der Waals surface area contributed by atoms with Gasteiger partial charge in [-0.15, -0.1) is 0 Å². The van der Waals surface area contributed by atoms with E-state index in [1.807, 2.05) is 49.4 Å². The van der Waals surface area contributed by atoms with Gasteiger partial charge in [-0.3, -0.25) is 4.98 Å². The molecular formula is C15H14N2. The first-order valence-corrected chi connectivity index (χ1v) is 5.52. The molecule has 0 aliphatic heterocycles. The summed E-state index contributed by atoms with van der Waals surface area (Å²) in [7, 11) is 0. The molecule has 1 aromatic carbocycles. The summed E-state index contributed by atoms with van der Waals surface area (Å²) in [6, 6.07) is 7.84. The monoisotopic (exact) mass is 222 g/mol. The maximum absolute atomic E-state index is 4.56. The standard InChI is InChI=1S/C15H14N2/c1-3-5-8-12(4-2)15-11-16-13-9-6-7-10-14(13)17-15/h3-11H,2H2,1H3/b5-3-,12-8+. The summed E-state index contributed by atoms with van der Waals surface area (Å²) in [6.45, 7) is 5.78. The lowest BCUT2D eigenvalue weighted by Crippen LogP contribution is -1.90. The molecule has 17 heavy (non-hydrogen) atoms. The molecule has 0 saturated carbocycles. The zero-order chi connectivity index (χ0) is 12.1. The maximum Gasteiger partial charge on any atom is 0.0894 e. The Bertz CT molecular complexity index is 595. The van der Waals surface area contributed by atoms with Crippen molar-refractivity contribution in [2.24, 2.45) is 0 Å².